The Hall–Kier alpha value is -5.34. The van der Waals surface area contributed by atoms with Crippen molar-refractivity contribution in [2.75, 3.05) is 11.1 Å². The van der Waals surface area contributed by atoms with E-state index in [2.05, 4.69) is 133 Å². The zero-order chi connectivity index (χ0) is 28.9. The van der Waals surface area contributed by atoms with Crippen LogP contribution in [-0.4, -0.2) is 0 Å². The molecule has 0 spiro atoms. The summed E-state index contributed by atoms with van der Waals surface area (Å²) in [6.07, 6.45) is 0. The third kappa shape index (κ3) is 5.00. The maximum Gasteiger partial charge on any atom is 0.0617 e. The van der Waals surface area contributed by atoms with E-state index in [1.807, 2.05) is 38.1 Å². The van der Waals surface area contributed by atoms with Gasteiger partial charge in [0.25, 0.3) is 0 Å². The Morgan fingerprint density at radius 3 is 1.48 bits per heavy atom. The molecule has 0 fully saturated rings. The summed E-state index contributed by atoms with van der Waals surface area (Å²) in [5, 5.41) is 8.44. The van der Waals surface area contributed by atoms with Crippen molar-refractivity contribution in [2.45, 2.75) is 13.8 Å². The Morgan fingerprint density at radius 2 is 0.881 bits per heavy atom. The Morgan fingerprint density at radius 1 is 0.405 bits per heavy atom. The number of hydrogen-bond acceptors (Lipinski definition) is 2. The molecule has 0 aromatic heterocycles. The molecule has 0 amide bonds. The van der Waals surface area contributed by atoms with E-state index in [9.17, 15) is 0 Å². The molecule has 0 saturated heterocycles. The maximum atomic E-state index is 6.16. The number of nitrogens with one attached hydrogen (secondary N) is 1. The Labute approximate surface area is 248 Å². The fourth-order valence-electron chi connectivity index (χ4n) is 5.79. The van der Waals surface area contributed by atoms with Crippen LogP contribution in [0.15, 0.2) is 152 Å². The molecule has 0 aliphatic carbocycles. The SMILES string of the molecule is CC.Nc1ccccc1Nc1ccc(-c2c3ccccc3c(-c3ccccc3-c3ccccc3)c3ccccc23)cc1. The molecule has 0 saturated carbocycles. The van der Waals surface area contributed by atoms with Crippen molar-refractivity contribution in [3.8, 4) is 33.4 Å². The van der Waals surface area contributed by atoms with Gasteiger partial charge < -0.3 is 11.1 Å². The van der Waals surface area contributed by atoms with Crippen LogP contribution in [0.4, 0.5) is 17.1 Å². The molecule has 0 bridgehead atoms. The highest BCUT2D eigenvalue weighted by molar-refractivity contribution is 6.22. The number of nitrogens with two attached hydrogens (primary N) is 1. The second kappa shape index (κ2) is 12.0. The number of para-hydroxylation sites is 2. The van der Waals surface area contributed by atoms with E-state index >= 15 is 0 Å². The second-order valence-electron chi connectivity index (χ2n) is 10.0. The van der Waals surface area contributed by atoms with Crippen LogP contribution in [0.3, 0.4) is 0 Å². The Kier molecular flexibility index (Phi) is 7.70. The van der Waals surface area contributed by atoms with E-state index in [1.54, 1.807) is 0 Å². The van der Waals surface area contributed by atoms with Gasteiger partial charge in [-0.1, -0.05) is 141 Å². The number of rotatable bonds is 5. The third-order valence-electron chi connectivity index (χ3n) is 7.63. The van der Waals surface area contributed by atoms with Gasteiger partial charge in [0, 0.05) is 5.69 Å². The molecule has 2 nitrogen and oxygen atoms in total. The molecule has 2 heteroatoms. The van der Waals surface area contributed by atoms with E-state index in [4.69, 9.17) is 5.73 Å². The smallest absolute Gasteiger partial charge is 0.0617 e. The summed E-state index contributed by atoms with van der Waals surface area (Å²) in [4.78, 5) is 0. The number of benzene rings is 7. The largest absolute Gasteiger partial charge is 0.397 e. The summed E-state index contributed by atoms with van der Waals surface area (Å²) in [6.45, 7) is 4.00. The highest BCUT2D eigenvalue weighted by Gasteiger charge is 2.18. The predicted molar refractivity (Wildman–Crippen MR) is 183 cm³/mol. The first-order valence-corrected chi connectivity index (χ1v) is 14.6. The topological polar surface area (TPSA) is 38.0 Å². The van der Waals surface area contributed by atoms with Crippen LogP contribution < -0.4 is 11.1 Å². The maximum absolute atomic E-state index is 6.16. The highest BCUT2D eigenvalue weighted by Crippen LogP contribution is 2.46. The van der Waals surface area contributed by atoms with E-state index in [0.29, 0.717) is 0 Å². The van der Waals surface area contributed by atoms with Gasteiger partial charge in [0.05, 0.1) is 11.4 Å². The van der Waals surface area contributed by atoms with Gasteiger partial charge >= 0.3 is 0 Å². The summed E-state index contributed by atoms with van der Waals surface area (Å²) >= 11 is 0. The molecule has 0 radical (unpaired) electrons. The summed E-state index contributed by atoms with van der Waals surface area (Å²) in [5.74, 6) is 0. The lowest BCUT2D eigenvalue weighted by molar-refractivity contribution is 1.50. The van der Waals surface area contributed by atoms with Crippen LogP contribution in [0.5, 0.6) is 0 Å². The number of nitrogen functional groups attached to an aromatic ring is 1. The van der Waals surface area contributed by atoms with Crippen LogP contribution in [0, 0.1) is 0 Å². The molecule has 7 aromatic carbocycles. The molecule has 204 valence electrons. The molecule has 0 atom stereocenters. The third-order valence-corrected chi connectivity index (χ3v) is 7.63. The summed E-state index contributed by atoms with van der Waals surface area (Å²) in [5.41, 5.74) is 16.2. The van der Waals surface area contributed by atoms with Gasteiger partial charge in [-0.15, -0.1) is 0 Å². The fourth-order valence-corrected chi connectivity index (χ4v) is 5.79. The monoisotopic (exact) mass is 542 g/mol. The van der Waals surface area contributed by atoms with E-state index in [1.165, 1.54) is 54.9 Å². The van der Waals surface area contributed by atoms with Gasteiger partial charge in [-0.3, -0.25) is 0 Å². The fraction of sp³-hybridized carbons (Fsp3) is 0.0500. The molecule has 7 rings (SSSR count). The quantitative estimate of drug-likeness (QED) is 0.168. The Balaban J connectivity index is 0.00000155. The minimum absolute atomic E-state index is 0.731. The van der Waals surface area contributed by atoms with Crippen LogP contribution in [0.25, 0.3) is 54.9 Å². The first-order chi connectivity index (χ1) is 20.8. The van der Waals surface area contributed by atoms with E-state index < -0.39 is 0 Å². The van der Waals surface area contributed by atoms with Crippen molar-refractivity contribution in [3.63, 3.8) is 0 Å². The van der Waals surface area contributed by atoms with Crippen LogP contribution in [0.2, 0.25) is 0 Å². The molecule has 0 heterocycles. The summed E-state index contributed by atoms with van der Waals surface area (Å²) < 4.78 is 0. The first-order valence-electron chi connectivity index (χ1n) is 14.6. The first kappa shape index (κ1) is 26.9. The highest BCUT2D eigenvalue weighted by atomic mass is 14.9. The van der Waals surface area contributed by atoms with Crippen molar-refractivity contribution >= 4 is 38.6 Å². The second-order valence-corrected chi connectivity index (χ2v) is 10.0. The molecule has 3 N–H and O–H groups in total. The average molecular weight is 543 g/mol. The Bertz CT molecular complexity index is 1920. The lowest BCUT2D eigenvalue weighted by Crippen LogP contribution is -1.96. The number of fused-ring (bicyclic) bond motifs is 2. The molecular weight excluding hydrogens is 508 g/mol. The van der Waals surface area contributed by atoms with Crippen LogP contribution >= 0.6 is 0 Å². The predicted octanol–water partition coefficient (Wildman–Crippen LogP) is 11.3. The van der Waals surface area contributed by atoms with Crippen LogP contribution in [-0.2, 0) is 0 Å². The zero-order valence-electron chi connectivity index (χ0n) is 24.0. The molecule has 0 aliphatic rings. The molecule has 42 heavy (non-hydrogen) atoms. The zero-order valence-corrected chi connectivity index (χ0v) is 24.0. The van der Waals surface area contributed by atoms with Gasteiger partial charge in [0.2, 0.25) is 0 Å². The van der Waals surface area contributed by atoms with Crippen molar-refractivity contribution in [1.82, 2.24) is 0 Å². The van der Waals surface area contributed by atoms with Crippen molar-refractivity contribution in [1.29, 1.82) is 0 Å². The van der Waals surface area contributed by atoms with Gasteiger partial charge in [0.15, 0.2) is 0 Å². The average Bonchev–Trinajstić information content (AvgIpc) is 3.06. The molecular formula is C40H34N2. The molecule has 7 aromatic rings. The van der Waals surface area contributed by atoms with Gasteiger partial charge in [0.1, 0.15) is 0 Å². The van der Waals surface area contributed by atoms with Gasteiger partial charge in [-0.25, -0.2) is 0 Å². The van der Waals surface area contributed by atoms with Crippen molar-refractivity contribution in [3.05, 3.63) is 152 Å². The minimum Gasteiger partial charge on any atom is -0.397 e. The van der Waals surface area contributed by atoms with E-state index in [0.717, 1.165) is 17.1 Å². The summed E-state index contributed by atoms with van der Waals surface area (Å²) in [7, 11) is 0. The number of hydrogen-bond donors (Lipinski definition) is 2. The summed E-state index contributed by atoms with van der Waals surface area (Å²) in [6, 6.07) is 53.5. The van der Waals surface area contributed by atoms with Gasteiger partial charge in [-0.05, 0) is 79.2 Å². The van der Waals surface area contributed by atoms with Crippen molar-refractivity contribution in [2.24, 2.45) is 0 Å². The number of anilines is 3. The van der Waals surface area contributed by atoms with Crippen LogP contribution in [0.1, 0.15) is 13.8 Å². The van der Waals surface area contributed by atoms with Crippen molar-refractivity contribution < 1.29 is 0 Å². The van der Waals surface area contributed by atoms with Gasteiger partial charge in [-0.2, -0.15) is 0 Å². The standard InChI is InChI=1S/C38H28N2.C2H6/c39-35-20-10-11-21-36(35)40-28-24-22-27(23-25-28)37-31-16-6-8-18-33(31)38(34-19-9-7-17-32(34)37)30-15-5-4-14-29(30)26-12-2-1-3-13-26;1-2/h1-25,40H,39H2;1-2H3. The molecule has 0 aliphatic heterocycles. The molecule has 0 unspecified atom stereocenters. The minimum atomic E-state index is 0.731. The normalized spacial score (nSPS) is 10.7. The van der Waals surface area contributed by atoms with E-state index in [-0.39, 0.29) is 0 Å². The lowest BCUT2D eigenvalue weighted by atomic mass is 9.84. The lowest BCUT2D eigenvalue weighted by Gasteiger charge is -2.20.